The summed E-state index contributed by atoms with van der Waals surface area (Å²) >= 11 is 6.25. The van der Waals surface area contributed by atoms with Crippen LogP contribution in [0.25, 0.3) is 6.08 Å². The minimum absolute atomic E-state index is 0.138. The number of rotatable bonds is 5. The van der Waals surface area contributed by atoms with Gasteiger partial charge in [-0.3, -0.25) is 19.3 Å². The third kappa shape index (κ3) is 4.09. The molecule has 1 N–H and O–H groups in total. The van der Waals surface area contributed by atoms with Crippen molar-refractivity contribution in [3.8, 4) is 0 Å². The molecule has 7 heteroatoms. The lowest BCUT2D eigenvalue weighted by Gasteiger charge is -2.12. The molecule has 0 spiro atoms. The molecular weight excluding hydrogens is 312 g/mol. The van der Waals surface area contributed by atoms with Gasteiger partial charge in [-0.25, -0.2) is 0 Å². The number of carbonyl (C=O) groups excluding carboxylic acids is 3. The molecule has 1 aliphatic rings. The maximum atomic E-state index is 12.1. The Bertz CT molecular complexity index is 589. The summed E-state index contributed by atoms with van der Waals surface area (Å²) in [5.41, 5.74) is 0.860. The molecule has 110 valence electrons. The highest BCUT2D eigenvalue weighted by molar-refractivity contribution is 8.18. The Kier molecular flexibility index (Phi) is 5.41. The van der Waals surface area contributed by atoms with Gasteiger partial charge in [0, 0.05) is 13.1 Å². The number of halogens is 1. The topological polar surface area (TPSA) is 66.5 Å². The van der Waals surface area contributed by atoms with Gasteiger partial charge in [0.05, 0.1) is 4.91 Å². The number of hydrogen-bond acceptors (Lipinski definition) is 4. The number of amides is 3. The van der Waals surface area contributed by atoms with Crippen molar-refractivity contribution in [1.29, 1.82) is 0 Å². The lowest BCUT2D eigenvalue weighted by atomic mass is 10.2. The van der Waals surface area contributed by atoms with Crippen molar-refractivity contribution in [2.75, 3.05) is 19.0 Å². The molecule has 1 fully saturated rings. The van der Waals surface area contributed by atoms with E-state index in [0.717, 1.165) is 22.2 Å². The van der Waals surface area contributed by atoms with E-state index in [1.54, 1.807) is 6.08 Å². The average Bonchev–Trinajstić information content (AvgIpc) is 2.75. The minimum Gasteiger partial charge on any atom is -0.353 e. The van der Waals surface area contributed by atoms with Crippen LogP contribution in [0.3, 0.4) is 0 Å². The van der Waals surface area contributed by atoms with E-state index in [9.17, 15) is 14.4 Å². The van der Waals surface area contributed by atoms with Crippen LogP contribution >= 0.6 is 23.4 Å². The first-order valence-electron chi connectivity index (χ1n) is 6.25. The normalized spacial score (nSPS) is 16.6. The van der Waals surface area contributed by atoms with Crippen LogP contribution in [-0.4, -0.2) is 40.9 Å². The predicted octanol–water partition coefficient (Wildman–Crippen LogP) is 2.08. The molecule has 0 aromatic heterocycles. The van der Waals surface area contributed by atoms with Crippen LogP contribution < -0.4 is 5.32 Å². The maximum absolute atomic E-state index is 12.1. The van der Waals surface area contributed by atoms with Gasteiger partial charge in [-0.2, -0.15) is 0 Å². The molecule has 1 aliphatic heterocycles. The molecule has 0 saturated carbocycles. The first-order valence-corrected chi connectivity index (χ1v) is 7.60. The standard InChI is InChI=1S/C14H13ClN2O3S/c15-9-12(18)16-6-7-17-13(19)11(21-14(17)20)8-10-4-2-1-3-5-10/h1-5,8H,6-7,9H2,(H,16,18). The Morgan fingerprint density at radius 1 is 1.29 bits per heavy atom. The Balaban J connectivity index is 2.00. The predicted molar refractivity (Wildman–Crippen MR) is 82.8 cm³/mol. The third-order valence-corrected chi connectivity index (χ3v) is 3.90. The summed E-state index contributed by atoms with van der Waals surface area (Å²) in [4.78, 5) is 36.5. The highest BCUT2D eigenvalue weighted by Crippen LogP contribution is 2.31. The van der Waals surface area contributed by atoms with Crippen molar-refractivity contribution in [3.63, 3.8) is 0 Å². The lowest BCUT2D eigenvalue weighted by Crippen LogP contribution is -2.37. The molecule has 0 unspecified atom stereocenters. The summed E-state index contributed by atoms with van der Waals surface area (Å²) in [6, 6.07) is 9.31. The van der Waals surface area contributed by atoms with Gasteiger partial charge in [-0.15, -0.1) is 11.6 Å². The second-order valence-electron chi connectivity index (χ2n) is 4.23. The molecule has 1 aromatic rings. The Hall–Kier alpha value is -1.79. The monoisotopic (exact) mass is 324 g/mol. The van der Waals surface area contributed by atoms with Gasteiger partial charge in [0.2, 0.25) is 5.91 Å². The third-order valence-electron chi connectivity index (χ3n) is 2.75. The van der Waals surface area contributed by atoms with E-state index in [2.05, 4.69) is 5.32 Å². The van der Waals surface area contributed by atoms with Crippen molar-refractivity contribution in [2.24, 2.45) is 0 Å². The maximum Gasteiger partial charge on any atom is 0.293 e. The van der Waals surface area contributed by atoms with E-state index in [4.69, 9.17) is 11.6 Å². The second-order valence-corrected chi connectivity index (χ2v) is 5.49. The molecule has 1 aromatic carbocycles. The number of hydrogen-bond donors (Lipinski definition) is 1. The molecule has 5 nitrogen and oxygen atoms in total. The zero-order valence-corrected chi connectivity index (χ0v) is 12.6. The average molecular weight is 325 g/mol. The Morgan fingerprint density at radius 3 is 2.67 bits per heavy atom. The summed E-state index contributed by atoms with van der Waals surface area (Å²) in [6.45, 7) is 0.335. The van der Waals surface area contributed by atoms with E-state index >= 15 is 0 Å². The van der Waals surface area contributed by atoms with Crippen molar-refractivity contribution < 1.29 is 14.4 Å². The summed E-state index contributed by atoms with van der Waals surface area (Å²) < 4.78 is 0. The van der Waals surface area contributed by atoms with E-state index < -0.39 is 0 Å². The van der Waals surface area contributed by atoms with Gasteiger partial charge >= 0.3 is 0 Å². The largest absolute Gasteiger partial charge is 0.353 e. The number of carbonyl (C=O) groups is 3. The number of nitrogens with zero attached hydrogens (tertiary/aromatic N) is 1. The molecule has 3 amide bonds. The number of benzene rings is 1. The summed E-state index contributed by atoms with van der Waals surface area (Å²) in [5, 5.41) is 2.19. The molecule has 0 radical (unpaired) electrons. The van der Waals surface area contributed by atoms with Crippen molar-refractivity contribution in [1.82, 2.24) is 10.2 Å². The number of alkyl halides is 1. The van der Waals surface area contributed by atoms with Gasteiger partial charge in [0.25, 0.3) is 11.1 Å². The number of nitrogens with one attached hydrogen (secondary N) is 1. The lowest BCUT2D eigenvalue weighted by molar-refractivity contribution is -0.123. The van der Waals surface area contributed by atoms with Gasteiger partial charge in [-0.1, -0.05) is 30.3 Å². The fourth-order valence-corrected chi connectivity index (χ4v) is 2.71. The zero-order chi connectivity index (χ0) is 15.2. The van der Waals surface area contributed by atoms with Gasteiger partial charge in [0.15, 0.2) is 0 Å². The zero-order valence-electron chi connectivity index (χ0n) is 11.0. The van der Waals surface area contributed by atoms with Crippen LogP contribution in [0.4, 0.5) is 4.79 Å². The quantitative estimate of drug-likeness (QED) is 0.665. The van der Waals surface area contributed by atoms with Crippen LogP contribution in [0.2, 0.25) is 0 Å². The van der Waals surface area contributed by atoms with E-state index in [0.29, 0.717) is 4.91 Å². The van der Waals surface area contributed by atoms with Crippen LogP contribution in [0.1, 0.15) is 5.56 Å². The summed E-state index contributed by atoms with van der Waals surface area (Å²) in [5.74, 6) is -0.812. The number of thioether (sulfide) groups is 1. The van der Waals surface area contributed by atoms with Crippen LogP contribution in [0.5, 0.6) is 0 Å². The molecule has 1 saturated heterocycles. The van der Waals surface area contributed by atoms with Crippen molar-refractivity contribution in [2.45, 2.75) is 0 Å². The van der Waals surface area contributed by atoms with Crippen LogP contribution in [-0.2, 0) is 9.59 Å². The fraction of sp³-hybridized carbons (Fsp3) is 0.214. The van der Waals surface area contributed by atoms with Crippen LogP contribution in [0, 0.1) is 0 Å². The van der Waals surface area contributed by atoms with Gasteiger partial charge < -0.3 is 5.32 Å². The summed E-state index contributed by atoms with van der Waals surface area (Å²) in [6.07, 6.45) is 1.68. The Labute approximate surface area is 131 Å². The van der Waals surface area contributed by atoms with E-state index in [1.807, 2.05) is 30.3 Å². The van der Waals surface area contributed by atoms with Gasteiger partial charge in [-0.05, 0) is 23.4 Å². The fourth-order valence-electron chi connectivity index (χ4n) is 1.75. The molecule has 2 rings (SSSR count). The molecule has 0 aliphatic carbocycles. The first-order chi connectivity index (χ1) is 10.1. The summed E-state index contributed by atoms with van der Waals surface area (Å²) in [7, 11) is 0. The molecule has 1 heterocycles. The highest BCUT2D eigenvalue weighted by atomic mass is 35.5. The number of imide groups is 1. The van der Waals surface area contributed by atoms with Crippen LogP contribution in [0.15, 0.2) is 35.2 Å². The molecular formula is C14H13ClN2O3S. The molecule has 0 bridgehead atoms. The minimum atomic E-state index is -0.339. The molecule has 21 heavy (non-hydrogen) atoms. The van der Waals surface area contributed by atoms with E-state index in [1.165, 1.54) is 0 Å². The first kappa shape index (κ1) is 15.6. The molecule has 0 atom stereocenters. The van der Waals surface area contributed by atoms with Gasteiger partial charge in [0.1, 0.15) is 5.88 Å². The SMILES string of the molecule is O=C(CCl)NCCN1C(=O)SC(=Cc2ccccc2)C1=O. The van der Waals surface area contributed by atoms with E-state index in [-0.39, 0.29) is 36.0 Å². The second kappa shape index (κ2) is 7.28. The smallest absolute Gasteiger partial charge is 0.293 e. The Morgan fingerprint density at radius 2 is 2.00 bits per heavy atom. The highest BCUT2D eigenvalue weighted by Gasteiger charge is 2.34. The van der Waals surface area contributed by atoms with Crippen molar-refractivity contribution in [3.05, 3.63) is 40.8 Å². The van der Waals surface area contributed by atoms with Crippen molar-refractivity contribution >= 4 is 46.5 Å².